The monoisotopic (exact) mass is 337 g/mol. The molecule has 0 unspecified atom stereocenters. The van der Waals surface area contributed by atoms with E-state index in [0.29, 0.717) is 9.47 Å². The maximum Gasteiger partial charge on any atom is 0.433 e. The second-order valence-corrected chi connectivity index (χ2v) is 6.13. The van der Waals surface area contributed by atoms with Gasteiger partial charge in [-0.05, 0) is 11.8 Å². The molecular formula is C9H10F3N7S2. The number of rotatable bonds is 4. The SMILES string of the molecule is CN(C)c1nnc(Sc2cc(C(F)(F)F)nc(NN)n2)s1. The number of nitrogens with one attached hydrogen (secondary N) is 1. The van der Waals surface area contributed by atoms with Gasteiger partial charge >= 0.3 is 6.18 Å². The van der Waals surface area contributed by atoms with E-state index in [1.54, 1.807) is 19.0 Å². The predicted molar refractivity (Wildman–Crippen MR) is 73.2 cm³/mol. The molecule has 0 atom stereocenters. The molecule has 0 fully saturated rings. The highest BCUT2D eigenvalue weighted by molar-refractivity contribution is 8.01. The average Bonchev–Trinajstić information content (AvgIpc) is 2.86. The second-order valence-electron chi connectivity index (χ2n) is 3.90. The zero-order valence-corrected chi connectivity index (χ0v) is 12.5. The molecule has 21 heavy (non-hydrogen) atoms. The van der Waals surface area contributed by atoms with Crippen molar-refractivity contribution in [2.75, 3.05) is 24.4 Å². The summed E-state index contributed by atoms with van der Waals surface area (Å²) in [5, 5.41) is 8.48. The first kappa shape index (κ1) is 15.7. The van der Waals surface area contributed by atoms with Gasteiger partial charge in [0.2, 0.25) is 11.1 Å². The summed E-state index contributed by atoms with van der Waals surface area (Å²) in [4.78, 5) is 8.87. The molecule has 114 valence electrons. The standard InChI is InChI=1S/C9H10F3N7S2/c1-19(2)7-17-18-8(21-7)20-5-3-4(9(10,11)12)14-6(15-5)16-13/h3H,13H2,1-2H3,(H,14,15,16). The molecule has 0 radical (unpaired) electrons. The summed E-state index contributed by atoms with van der Waals surface area (Å²) in [6.07, 6.45) is -4.58. The maximum absolute atomic E-state index is 12.7. The molecule has 0 amide bonds. The Bertz CT molecular complexity index is 628. The lowest BCUT2D eigenvalue weighted by atomic mass is 10.4. The Hall–Kier alpha value is -1.66. The van der Waals surface area contributed by atoms with Gasteiger partial charge in [-0.3, -0.25) is 5.43 Å². The number of aromatic nitrogens is 4. The van der Waals surface area contributed by atoms with Crippen molar-refractivity contribution in [3.63, 3.8) is 0 Å². The maximum atomic E-state index is 12.7. The first-order chi connectivity index (χ1) is 9.79. The average molecular weight is 337 g/mol. The van der Waals surface area contributed by atoms with Gasteiger partial charge in [0.1, 0.15) is 5.03 Å². The molecule has 2 aromatic heterocycles. The summed E-state index contributed by atoms with van der Waals surface area (Å²) in [5.41, 5.74) is 0.934. The molecule has 0 aliphatic rings. The van der Waals surface area contributed by atoms with Gasteiger partial charge < -0.3 is 4.90 Å². The van der Waals surface area contributed by atoms with Crippen molar-refractivity contribution in [2.24, 2.45) is 5.84 Å². The molecular weight excluding hydrogens is 327 g/mol. The number of nitrogen functional groups attached to an aromatic ring is 1. The predicted octanol–water partition coefficient (Wildman–Crippen LogP) is 1.85. The van der Waals surface area contributed by atoms with Crippen molar-refractivity contribution in [1.82, 2.24) is 20.2 Å². The highest BCUT2D eigenvalue weighted by Crippen LogP contribution is 2.35. The molecule has 0 saturated heterocycles. The fourth-order valence-electron chi connectivity index (χ4n) is 1.20. The topological polar surface area (TPSA) is 92.9 Å². The summed E-state index contributed by atoms with van der Waals surface area (Å²) in [5.74, 6) is 4.77. The van der Waals surface area contributed by atoms with E-state index in [9.17, 15) is 13.2 Å². The fourth-order valence-corrected chi connectivity index (χ4v) is 2.91. The smallest absolute Gasteiger partial charge is 0.353 e. The molecule has 7 nitrogen and oxygen atoms in total. The van der Waals surface area contributed by atoms with Crippen LogP contribution in [-0.2, 0) is 6.18 Å². The third-order valence-corrected chi connectivity index (χ3v) is 4.15. The highest BCUT2D eigenvalue weighted by Gasteiger charge is 2.33. The Balaban J connectivity index is 2.30. The van der Waals surface area contributed by atoms with Crippen molar-refractivity contribution in [1.29, 1.82) is 0 Å². The van der Waals surface area contributed by atoms with Gasteiger partial charge in [-0.25, -0.2) is 15.8 Å². The van der Waals surface area contributed by atoms with Crippen LogP contribution >= 0.6 is 23.1 Å². The third-order valence-electron chi connectivity index (χ3n) is 2.09. The van der Waals surface area contributed by atoms with Gasteiger partial charge in [-0.15, -0.1) is 10.2 Å². The number of hydrazine groups is 1. The normalized spacial score (nSPS) is 11.5. The fraction of sp³-hybridized carbons (Fsp3) is 0.333. The minimum Gasteiger partial charge on any atom is -0.353 e. The lowest BCUT2D eigenvalue weighted by Crippen LogP contribution is -2.15. The van der Waals surface area contributed by atoms with E-state index < -0.39 is 11.9 Å². The third kappa shape index (κ3) is 3.92. The van der Waals surface area contributed by atoms with Gasteiger partial charge in [0, 0.05) is 20.2 Å². The summed E-state index contributed by atoms with van der Waals surface area (Å²) < 4.78 is 38.7. The van der Waals surface area contributed by atoms with E-state index in [0.717, 1.165) is 17.8 Å². The second kappa shape index (κ2) is 5.99. The van der Waals surface area contributed by atoms with Crippen molar-refractivity contribution in [2.45, 2.75) is 15.5 Å². The van der Waals surface area contributed by atoms with Gasteiger partial charge in [0.05, 0.1) is 0 Å². The molecule has 12 heteroatoms. The molecule has 2 rings (SSSR count). The molecule has 2 heterocycles. The van der Waals surface area contributed by atoms with Crippen LogP contribution in [-0.4, -0.2) is 34.3 Å². The lowest BCUT2D eigenvalue weighted by Gasteiger charge is -2.08. The van der Waals surface area contributed by atoms with Crippen LogP contribution in [0.3, 0.4) is 0 Å². The van der Waals surface area contributed by atoms with Crippen LogP contribution in [0.4, 0.5) is 24.3 Å². The minimum absolute atomic E-state index is 0.0757. The van der Waals surface area contributed by atoms with E-state index in [-0.39, 0.29) is 11.0 Å². The highest BCUT2D eigenvalue weighted by atomic mass is 32.2. The Morgan fingerprint density at radius 1 is 1.29 bits per heavy atom. The Kier molecular flexibility index (Phi) is 4.49. The van der Waals surface area contributed by atoms with Crippen molar-refractivity contribution in [3.8, 4) is 0 Å². The van der Waals surface area contributed by atoms with Crippen molar-refractivity contribution >= 4 is 34.2 Å². The van der Waals surface area contributed by atoms with E-state index in [1.165, 1.54) is 11.3 Å². The Morgan fingerprint density at radius 2 is 2.00 bits per heavy atom. The van der Waals surface area contributed by atoms with Gasteiger partial charge in [0.25, 0.3) is 0 Å². The summed E-state index contributed by atoms with van der Waals surface area (Å²) in [6.45, 7) is 0. The van der Waals surface area contributed by atoms with Gasteiger partial charge in [0.15, 0.2) is 10.0 Å². The van der Waals surface area contributed by atoms with Gasteiger partial charge in [-0.2, -0.15) is 13.2 Å². The Morgan fingerprint density at radius 3 is 2.52 bits per heavy atom. The molecule has 3 N–H and O–H groups in total. The molecule has 0 aliphatic carbocycles. The number of anilines is 2. The van der Waals surface area contributed by atoms with E-state index >= 15 is 0 Å². The van der Waals surface area contributed by atoms with Crippen LogP contribution in [0, 0.1) is 0 Å². The lowest BCUT2D eigenvalue weighted by molar-refractivity contribution is -0.141. The zero-order chi connectivity index (χ0) is 15.6. The summed E-state index contributed by atoms with van der Waals surface area (Å²) in [7, 11) is 3.58. The quantitative estimate of drug-likeness (QED) is 0.496. The number of nitrogens with two attached hydrogens (primary N) is 1. The van der Waals surface area contributed by atoms with E-state index in [1.807, 2.05) is 5.43 Å². The zero-order valence-electron chi connectivity index (χ0n) is 10.8. The van der Waals surface area contributed by atoms with Crippen molar-refractivity contribution < 1.29 is 13.2 Å². The number of alkyl halides is 3. The first-order valence-electron chi connectivity index (χ1n) is 5.41. The molecule has 0 saturated carbocycles. The number of nitrogens with zero attached hydrogens (tertiary/aromatic N) is 5. The van der Waals surface area contributed by atoms with Crippen LogP contribution in [0.25, 0.3) is 0 Å². The molecule has 0 aliphatic heterocycles. The van der Waals surface area contributed by atoms with Gasteiger partial charge in [-0.1, -0.05) is 11.3 Å². The van der Waals surface area contributed by atoms with E-state index in [4.69, 9.17) is 5.84 Å². The number of hydrogen-bond donors (Lipinski definition) is 2. The van der Waals surface area contributed by atoms with Crippen molar-refractivity contribution in [3.05, 3.63) is 11.8 Å². The minimum atomic E-state index is -4.58. The molecule has 0 bridgehead atoms. The van der Waals surface area contributed by atoms with Crippen LogP contribution in [0.1, 0.15) is 5.69 Å². The molecule has 0 aromatic carbocycles. The van der Waals surface area contributed by atoms with Crippen LogP contribution in [0.2, 0.25) is 0 Å². The Labute approximate surface area is 125 Å². The van der Waals surface area contributed by atoms with Crippen LogP contribution in [0.15, 0.2) is 15.4 Å². The van der Waals surface area contributed by atoms with Crippen LogP contribution < -0.4 is 16.2 Å². The number of hydrogen-bond acceptors (Lipinski definition) is 9. The number of halogens is 3. The first-order valence-corrected chi connectivity index (χ1v) is 7.04. The largest absolute Gasteiger partial charge is 0.433 e. The van der Waals surface area contributed by atoms with Crippen LogP contribution in [0.5, 0.6) is 0 Å². The summed E-state index contributed by atoms with van der Waals surface area (Å²) >= 11 is 2.19. The molecule has 0 spiro atoms. The van der Waals surface area contributed by atoms with E-state index in [2.05, 4.69) is 20.2 Å². The molecule has 2 aromatic rings. The summed E-state index contributed by atoms with van der Waals surface area (Å²) in [6, 6.07) is 0.836.